The summed E-state index contributed by atoms with van der Waals surface area (Å²) in [5.41, 5.74) is 6.29. The Morgan fingerprint density at radius 3 is 2.67 bits per heavy atom. The minimum Gasteiger partial charge on any atom is -0.298 e. The molecule has 0 radical (unpaired) electrons. The molecule has 5 heteroatoms. The Kier molecular flexibility index (Phi) is 5.40. The van der Waals surface area contributed by atoms with Gasteiger partial charge in [0.05, 0.1) is 6.54 Å². The van der Waals surface area contributed by atoms with Crippen molar-refractivity contribution >= 4 is 11.6 Å². The molecule has 4 fully saturated rings. The Bertz CT molecular complexity index is 707. The molecular weight excluding hydrogens is 372 g/mol. The van der Waals surface area contributed by atoms with Crippen LogP contribution in [0.1, 0.15) is 85.5 Å². The van der Waals surface area contributed by atoms with Crippen LogP contribution in [0.4, 0.5) is 0 Å². The summed E-state index contributed by atoms with van der Waals surface area (Å²) >= 11 is 0. The molecule has 1 aliphatic heterocycles. The van der Waals surface area contributed by atoms with Crippen LogP contribution in [-0.4, -0.2) is 23.3 Å². The highest BCUT2D eigenvalue weighted by molar-refractivity contribution is 5.85. The second-order valence-corrected chi connectivity index (χ2v) is 11.7. The van der Waals surface area contributed by atoms with Gasteiger partial charge in [0.2, 0.25) is 0 Å². The molecule has 2 N–H and O–H groups in total. The van der Waals surface area contributed by atoms with Crippen molar-refractivity contribution in [1.82, 2.24) is 16.1 Å². The van der Waals surface area contributed by atoms with Gasteiger partial charge in [-0.1, -0.05) is 33.6 Å². The van der Waals surface area contributed by atoms with E-state index in [-0.39, 0.29) is 11.3 Å². The number of Topliss-reactive ketones (excluding diaryl/α,β-unsaturated/α-hetero) is 1. The van der Waals surface area contributed by atoms with Gasteiger partial charge in [-0.05, 0) is 98.7 Å². The maximum Gasteiger partial charge on any atom is 0.154 e. The lowest BCUT2D eigenvalue weighted by atomic mass is 9.48. The Hall–Kier alpha value is -1.10. The van der Waals surface area contributed by atoms with E-state index >= 15 is 0 Å². The molecule has 0 aromatic carbocycles. The molecule has 0 spiro atoms. The number of rotatable bonds is 4. The standard InChI is InChI=1S/C25H42N4O/c1-5-17-13-22(23(30)14-29-27-16(3)26-28-29)25(4)11-10-20-19-8-6-15(2)12-18(19)7-9-21(20)24(17)25/h15,17-22,24,28H,5-14H2,1-4H3,(H,26,27). The van der Waals surface area contributed by atoms with Crippen LogP contribution >= 0.6 is 0 Å². The lowest BCUT2D eigenvalue weighted by molar-refractivity contribution is -0.133. The number of hydrogen-bond donors (Lipinski definition) is 2. The lowest BCUT2D eigenvalue weighted by Gasteiger charge is -2.57. The van der Waals surface area contributed by atoms with E-state index in [1.807, 2.05) is 6.92 Å². The molecule has 1 heterocycles. The first-order valence-corrected chi connectivity index (χ1v) is 12.8. The number of hydrazine groups is 2. The zero-order valence-corrected chi connectivity index (χ0v) is 19.5. The van der Waals surface area contributed by atoms with Gasteiger partial charge in [0.25, 0.3) is 0 Å². The smallest absolute Gasteiger partial charge is 0.154 e. The van der Waals surface area contributed by atoms with E-state index in [9.17, 15) is 4.79 Å². The summed E-state index contributed by atoms with van der Waals surface area (Å²) in [6.07, 6.45) is 12.3. The molecule has 0 aromatic rings. The second kappa shape index (κ2) is 7.79. The zero-order valence-electron chi connectivity index (χ0n) is 19.5. The van der Waals surface area contributed by atoms with E-state index in [0.29, 0.717) is 12.3 Å². The number of hydrogen-bond acceptors (Lipinski definition) is 5. The molecule has 168 valence electrons. The number of hydrazone groups is 1. The van der Waals surface area contributed by atoms with Crippen LogP contribution in [0.15, 0.2) is 5.10 Å². The molecule has 30 heavy (non-hydrogen) atoms. The molecule has 4 aliphatic carbocycles. The maximum absolute atomic E-state index is 13.5. The average molecular weight is 415 g/mol. The average Bonchev–Trinajstić information content (AvgIpc) is 3.27. The summed E-state index contributed by atoms with van der Waals surface area (Å²) in [5.74, 6) is 7.65. The van der Waals surface area contributed by atoms with Crippen molar-refractivity contribution < 1.29 is 4.79 Å². The first-order valence-electron chi connectivity index (χ1n) is 12.8. The zero-order chi connectivity index (χ0) is 21.0. The van der Waals surface area contributed by atoms with Crippen LogP contribution in [-0.2, 0) is 4.79 Å². The molecule has 5 aliphatic rings. The van der Waals surface area contributed by atoms with Gasteiger partial charge < -0.3 is 0 Å². The Balaban J connectivity index is 1.34. The molecule has 0 amide bonds. The maximum atomic E-state index is 13.5. The third-order valence-electron chi connectivity index (χ3n) is 10.2. The normalized spacial score (nSPS) is 48.1. The molecule has 4 saturated carbocycles. The first kappa shape index (κ1) is 20.8. The highest BCUT2D eigenvalue weighted by Crippen LogP contribution is 2.66. The number of amidine groups is 1. The van der Waals surface area contributed by atoms with E-state index in [1.54, 1.807) is 5.12 Å². The molecule has 9 atom stereocenters. The molecule has 5 nitrogen and oxygen atoms in total. The number of ketones is 1. The van der Waals surface area contributed by atoms with E-state index in [2.05, 4.69) is 36.8 Å². The molecule has 5 rings (SSSR count). The Labute approximate surface area is 182 Å². The predicted molar refractivity (Wildman–Crippen MR) is 120 cm³/mol. The monoisotopic (exact) mass is 414 g/mol. The minimum absolute atomic E-state index is 0.198. The Morgan fingerprint density at radius 1 is 1.13 bits per heavy atom. The van der Waals surface area contributed by atoms with E-state index in [1.165, 1.54) is 51.4 Å². The third kappa shape index (κ3) is 3.30. The molecule has 9 unspecified atom stereocenters. The van der Waals surface area contributed by atoms with Gasteiger partial charge in [0.15, 0.2) is 5.78 Å². The number of carbonyl (C=O) groups excluding carboxylic acids is 1. The summed E-state index contributed by atoms with van der Waals surface area (Å²) in [4.78, 5) is 13.5. The Morgan fingerprint density at radius 2 is 1.93 bits per heavy atom. The van der Waals surface area contributed by atoms with Crippen LogP contribution in [0.25, 0.3) is 0 Å². The quantitative estimate of drug-likeness (QED) is 0.697. The van der Waals surface area contributed by atoms with Crippen molar-refractivity contribution in [2.24, 2.45) is 57.9 Å². The number of nitrogens with zero attached hydrogens (tertiary/aromatic N) is 2. The van der Waals surface area contributed by atoms with Gasteiger partial charge in [-0.2, -0.15) is 0 Å². The van der Waals surface area contributed by atoms with Crippen molar-refractivity contribution in [3.8, 4) is 0 Å². The van der Waals surface area contributed by atoms with Crippen LogP contribution in [0.5, 0.6) is 0 Å². The molecule has 0 aromatic heterocycles. The third-order valence-corrected chi connectivity index (χ3v) is 10.2. The summed E-state index contributed by atoms with van der Waals surface area (Å²) in [6, 6.07) is 0. The van der Waals surface area contributed by atoms with Gasteiger partial charge in [0, 0.05) is 5.92 Å². The molecule has 0 saturated heterocycles. The van der Waals surface area contributed by atoms with Gasteiger partial charge in [-0.25, -0.2) is 5.53 Å². The summed E-state index contributed by atoms with van der Waals surface area (Å²) < 4.78 is 0. The largest absolute Gasteiger partial charge is 0.298 e. The molecular formula is C25H42N4O. The fourth-order valence-corrected chi connectivity index (χ4v) is 9.02. The highest BCUT2D eigenvalue weighted by atomic mass is 16.1. The van der Waals surface area contributed by atoms with Crippen molar-refractivity contribution in [2.75, 3.05) is 6.54 Å². The van der Waals surface area contributed by atoms with E-state index in [4.69, 9.17) is 0 Å². The summed E-state index contributed by atoms with van der Waals surface area (Å²) in [6.45, 7) is 9.66. The number of nitrogens with one attached hydrogen (secondary N) is 2. The fraction of sp³-hybridized carbons (Fsp3) is 0.920. The van der Waals surface area contributed by atoms with Crippen LogP contribution < -0.4 is 11.0 Å². The lowest BCUT2D eigenvalue weighted by Crippen LogP contribution is -2.52. The van der Waals surface area contributed by atoms with Crippen LogP contribution in [0, 0.1) is 52.8 Å². The van der Waals surface area contributed by atoms with Crippen molar-refractivity contribution in [1.29, 1.82) is 0 Å². The van der Waals surface area contributed by atoms with Gasteiger partial charge in [-0.3, -0.25) is 10.2 Å². The first-order chi connectivity index (χ1) is 14.4. The van der Waals surface area contributed by atoms with E-state index < -0.39 is 0 Å². The van der Waals surface area contributed by atoms with Crippen LogP contribution in [0.3, 0.4) is 0 Å². The van der Waals surface area contributed by atoms with E-state index in [0.717, 1.165) is 53.7 Å². The van der Waals surface area contributed by atoms with Gasteiger partial charge in [0.1, 0.15) is 5.84 Å². The number of carbonyl (C=O) groups is 1. The van der Waals surface area contributed by atoms with Gasteiger partial charge in [-0.15, -0.1) is 10.2 Å². The van der Waals surface area contributed by atoms with Crippen molar-refractivity contribution in [3.05, 3.63) is 0 Å². The van der Waals surface area contributed by atoms with Gasteiger partial charge >= 0.3 is 0 Å². The number of fused-ring (bicyclic) bond motifs is 5. The van der Waals surface area contributed by atoms with Crippen molar-refractivity contribution in [2.45, 2.75) is 85.5 Å². The highest BCUT2D eigenvalue weighted by Gasteiger charge is 2.61. The van der Waals surface area contributed by atoms with Crippen LogP contribution in [0.2, 0.25) is 0 Å². The summed E-state index contributed by atoms with van der Waals surface area (Å²) in [7, 11) is 0. The predicted octanol–water partition coefficient (Wildman–Crippen LogP) is 4.75. The minimum atomic E-state index is 0.198. The fourth-order valence-electron chi connectivity index (χ4n) is 9.02. The second-order valence-electron chi connectivity index (χ2n) is 11.7. The SMILES string of the molecule is CCC1CC(C(=O)CN2NN=C(C)N2)C2(C)CCC3C4CCC(C)CC4CCC3C12. The molecule has 0 bridgehead atoms. The van der Waals surface area contributed by atoms with Crippen molar-refractivity contribution in [3.63, 3.8) is 0 Å². The topological polar surface area (TPSA) is 56.7 Å². The summed E-state index contributed by atoms with van der Waals surface area (Å²) in [5, 5.41) is 5.91.